The lowest BCUT2D eigenvalue weighted by Gasteiger charge is -2.19. The maximum Gasteiger partial charge on any atom is 0.253 e. The third-order valence-electron chi connectivity index (χ3n) is 8.66. The minimum atomic E-state index is -0.495. The van der Waals surface area contributed by atoms with E-state index in [0.717, 1.165) is 18.8 Å². The molecule has 2 saturated heterocycles. The number of aliphatic imine (C=N–C) groups is 1. The molecule has 0 saturated carbocycles. The Labute approximate surface area is 305 Å². The first-order valence-electron chi connectivity index (χ1n) is 17.2. The Morgan fingerprint density at radius 1 is 0.812 bits per heavy atom. The van der Waals surface area contributed by atoms with Gasteiger partial charge in [0.1, 0.15) is 11.5 Å². The average molecular weight is 737 g/mol. The van der Waals surface area contributed by atoms with Crippen molar-refractivity contribution in [2.24, 2.45) is 16.8 Å². The molecule has 2 fully saturated rings. The van der Waals surface area contributed by atoms with Gasteiger partial charge < -0.3 is 0 Å². The third kappa shape index (κ3) is 11.0. The fraction of sp³-hybridized carbons (Fsp3) is 0.514. The Kier molecular flexibility index (Phi) is 15.1. The van der Waals surface area contributed by atoms with Gasteiger partial charge >= 0.3 is 0 Å². The van der Waals surface area contributed by atoms with Crippen LogP contribution >= 0.6 is 46.4 Å². The van der Waals surface area contributed by atoms with Crippen molar-refractivity contribution in [3.63, 3.8) is 0 Å². The van der Waals surface area contributed by atoms with Gasteiger partial charge in [-0.3, -0.25) is 19.8 Å². The summed E-state index contributed by atoms with van der Waals surface area (Å²) in [4.78, 5) is 44.7. The Bertz CT molecular complexity index is 1490. The van der Waals surface area contributed by atoms with Crippen molar-refractivity contribution in [3.05, 3.63) is 62.6 Å². The van der Waals surface area contributed by atoms with Crippen LogP contribution < -0.4 is 15.3 Å². The van der Waals surface area contributed by atoms with Crippen LogP contribution in [0.25, 0.3) is 0 Å². The van der Waals surface area contributed by atoms with Gasteiger partial charge in [0.15, 0.2) is 0 Å². The fourth-order valence-electron chi connectivity index (χ4n) is 6.06. The van der Waals surface area contributed by atoms with Gasteiger partial charge in [-0.15, -0.1) is 0 Å². The zero-order chi connectivity index (χ0) is 34.6. The van der Waals surface area contributed by atoms with Crippen LogP contribution in [0.1, 0.15) is 110 Å². The van der Waals surface area contributed by atoms with Crippen molar-refractivity contribution < 1.29 is 14.4 Å². The highest BCUT2D eigenvalue weighted by molar-refractivity contribution is 6.42. The Balaban J connectivity index is 1.22. The van der Waals surface area contributed by atoms with E-state index in [-0.39, 0.29) is 46.3 Å². The number of carbonyl (C=O) groups excluding carboxylic acids is 3. The molecule has 2 heterocycles. The molecule has 7 nitrogen and oxygen atoms in total. The van der Waals surface area contributed by atoms with Crippen molar-refractivity contribution in [1.29, 1.82) is 0 Å². The molecule has 0 spiro atoms. The van der Waals surface area contributed by atoms with E-state index in [4.69, 9.17) is 46.4 Å². The van der Waals surface area contributed by atoms with Gasteiger partial charge in [0.25, 0.3) is 5.91 Å². The highest BCUT2D eigenvalue weighted by Crippen LogP contribution is 2.38. The van der Waals surface area contributed by atoms with Crippen LogP contribution in [0, 0.1) is 11.8 Å². The van der Waals surface area contributed by atoms with Gasteiger partial charge in [-0.25, -0.2) is 14.9 Å². The Morgan fingerprint density at radius 2 is 1.42 bits per heavy atom. The summed E-state index contributed by atoms with van der Waals surface area (Å²) in [6.07, 6.45) is 20.5. The molecule has 3 amide bonds. The Morgan fingerprint density at radius 3 is 2.04 bits per heavy atom. The first-order valence-corrected chi connectivity index (χ1v) is 18.7. The second kappa shape index (κ2) is 19.0. The quantitative estimate of drug-likeness (QED) is 0.0938. The van der Waals surface area contributed by atoms with E-state index < -0.39 is 5.92 Å². The second-order valence-electron chi connectivity index (χ2n) is 13.1. The number of anilines is 2. The van der Waals surface area contributed by atoms with Gasteiger partial charge in [-0.1, -0.05) is 143 Å². The zero-order valence-electron chi connectivity index (χ0n) is 27.9. The Hall–Kier alpha value is -2.58. The maximum atomic E-state index is 13.3. The third-order valence-corrected chi connectivity index (χ3v) is 9.77. The van der Waals surface area contributed by atoms with Crippen LogP contribution in [0.15, 0.2) is 47.5 Å². The molecule has 2 aromatic carbocycles. The molecule has 0 aliphatic carbocycles. The molecule has 1 atom stereocenters. The summed E-state index contributed by atoms with van der Waals surface area (Å²) in [5.41, 5.74) is 3.85. The van der Waals surface area contributed by atoms with Crippen LogP contribution in [-0.2, 0) is 14.4 Å². The topological polar surface area (TPSA) is 82.1 Å². The molecule has 1 N–H and O–H groups in total. The van der Waals surface area contributed by atoms with Crippen LogP contribution in [0.2, 0.25) is 20.1 Å². The lowest BCUT2D eigenvalue weighted by Crippen LogP contribution is -2.36. The number of hydrogen-bond acceptors (Lipinski definition) is 4. The van der Waals surface area contributed by atoms with E-state index >= 15 is 0 Å². The molecule has 0 radical (unpaired) electrons. The van der Waals surface area contributed by atoms with Crippen LogP contribution in [0.5, 0.6) is 0 Å². The molecule has 2 aliphatic heterocycles. The molecule has 2 aromatic rings. The number of rotatable bonds is 18. The van der Waals surface area contributed by atoms with Crippen molar-refractivity contribution in [1.82, 2.24) is 5.43 Å². The molecule has 0 bridgehead atoms. The molecular weight excluding hydrogens is 690 g/mol. The number of allylic oxidation sites excluding steroid dienone is 1. The molecule has 2 aliphatic rings. The number of amidine groups is 1. The minimum Gasteiger partial charge on any atom is -0.277 e. The van der Waals surface area contributed by atoms with Gasteiger partial charge in [-0.05, 0) is 49.1 Å². The standard InChI is InChI=1S/C37H46Cl4N4O3/c1-25(2)16-14-12-10-8-6-4-3-5-7-9-11-13-15-17-26-20-34(46)44(37(26)48)28-18-19-29(39)32(23-28)42-33-24-35(47)45(43-33)36-30(40)21-27(38)22-31(36)41/h15,17-19,21-23,25-26H,3-14,16,20,24H2,1-2H3,(H,42,43)/b17-15+/t26-/m0/s1. The van der Waals surface area contributed by atoms with E-state index in [1.54, 1.807) is 18.2 Å². The van der Waals surface area contributed by atoms with E-state index in [2.05, 4.69) is 24.3 Å². The maximum absolute atomic E-state index is 13.3. The number of unbranched alkanes of at least 4 members (excludes halogenated alkanes) is 11. The smallest absolute Gasteiger partial charge is 0.253 e. The van der Waals surface area contributed by atoms with E-state index in [9.17, 15) is 14.4 Å². The number of carbonyl (C=O) groups is 3. The summed E-state index contributed by atoms with van der Waals surface area (Å²) < 4.78 is 0. The average Bonchev–Trinajstić information content (AvgIpc) is 3.52. The highest BCUT2D eigenvalue weighted by Gasteiger charge is 2.38. The van der Waals surface area contributed by atoms with Gasteiger partial charge in [0, 0.05) is 11.4 Å². The number of halogens is 4. The molecule has 260 valence electrons. The number of benzene rings is 2. The largest absolute Gasteiger partial charge is 0.277 e. The zero-order valence-corrected chi connectivity index (χ0v) is 30.9. The number of hydrogen-bond donors (Lipinski definition) is 1. The number of amides is 3. The monoisotopic (exact) mass is 734 g/mol. The van der Waals surface area contributed by atoms with Crippen LogP contribution in [0.4, 0.5) is 17.1 Å². The first kappa shape index (κ1) is 38.2. The number of imide groups is 1. The van der Waals surface area contributed by atoms with Crippen molar-refractivity contribution in [2.45, 2.75) is 110 Å². The van der Waals surface area contributed by atoms with Crippen LogP contribution in [-0.4, -0.2) is 23.6 Å². The predicted molar refractivity (Wildman–Crippen MR) is 200 cm³/mol. The highest BCUT2D eigenvalue weighted by atomic mass is 35.5. The van der Waals surface area contributed by atoms with Gasteiger partial charge in [-0.2, -0.15) is 0 Å². The SMILES string of the molecule is CC(C)CCCCCCCCCCCCC/C=C/[C@H]1CC(=O)N(c2ccc(Cl)c(N=C3CC(=O)N(c4c(Cl)cc(Cl)cc4Cl)N3)c2)C1=O. The number of nitrogens with one attached hydrogen (secondary N) is 1. The van der Waals surface area contributed by atoms with E-state index in [0.29, 0.717) is 27.3 Å². The molecule has 11 heteroatoms. The summed E-state index contributed by atoms with van der Waals surface area (Å²) >= 11 is 25.1. The number of nitrogens with zero attached hydrogens (tertiary/aromatic N) is 3. The van der Waals surface area contributed by atoms with Gasteiger partial charge in [0.05, 0.1) is 38.8 Å². The molecule has 4 rings (SSSR count). The van der Waals surface area contributed by atoms with Crippen molar-refractivity contribution in [3.8, 4) is 0 Å². The lowest BCUT2D eigenvalue weighted by atomic mass is 10.0. The minimum absolute atomic E-state index is 0.0664. The van der Waals surface area contributed by atoms with E-state index in [1.807, 2.05) is 12.2 Å². The molecule has 0 unspecified atom stereocenters. The summed E-state index contributed by atoms with van der Waals surface area (Å²) in [5.74, 6) is -0.261. The van der Waals surface area contributed by atoms with E-state index in [1.165, 1.54) is 92.7 Å². The summed E-state index contributed by atoms with van der Waals surface area (Å²) in [6, 6.07) is 7.75. The van der Waals surface area contributed by atoms with Crippen LogP contribution in [0.3, 0.4) is 0 Å². The normalized spacial score (nSPS) is 17.6. The molecular formula is C37H46Cl4N4O3. The summed E-state index contributed by atoms with van der Waals surface area (Å²) in [6.45, 7) is 4.60. The fourth-order valence-corrected chi connectivity index (χ4v) is 7.21. The molecule has 0 aromatic heterocycles. The molecule has 48 heavy (non-hydrogen) atoms. The number of hydrazine groups is 1. The second-order valence-corrected chi connectivity index (χ2v) is 14.8. The lowest BCUT2D eigenvalue weighted by molar-refractivity contribution is -0.122. The van der Waals surface area contributed by atoms with Gasteiger partial charge in [0.2, 0.25) is 11.8 Å². The summed E-state index contributed by atoms with van der Waals surface area (Å²) in [7, 11) is 0. The van der Waals surface area contributed by atoms with Crippen molar-refractivity contribution >= 4 is 87.0 Å². The predicted octanol–water partition coefficient (Wildman–Crippen LogP) is 11.4. The van der Waals surface area contributed by atoms with Crippen molar-refractivity contribution in [2.75, 3.05) is 9.91 Å². The summed E-state index contributed by atoms with van der Waals surface area (Å²) in [5, 5.41) is 2.24. The first-order chi connectivity index (χ1) is 23.0.